The van der Waals surface area contributed by atoms with Gasteiger partial charge in [-0.1, -0.05) is 60.7 Å². The summed E-state index contributed by atoms with van der Waals surface area (Å²) in [7, 11) is 0. The largest absolute Gasteiger partial charge is 0.465 e. The van der Waals surface area contributed by atoms with Crippen molar-refractivity contribution in [3.8, 4) is 0 Å². The standard InChI is InChI=1S/C24H26O5/c1-4-28-23(26)22(24(27)29-5-2)20(16-17(3)25)21(18-12-8-6-9-13-18)19-14-10-7-11-15-19/h6-15,22H,4-5,16H2,1-3H3. The van der Waals surface area contributed by atoms with E-state index in [1.165, 1.54) is 6.92 Å². The van der Waals surface area contributed by atoms with Gasteiger partial charge in [-0.3, -0.25) is 14.4 Å². The molecule has 2 aromatic carbocycles. The number of benzene rings is 2. The fraction of sp³-hybridized carbons (Fsp3) is 0.292. The quantitative estimate of drug-likeness (QED) is 0.471. The zero-order chi connectivity index (χ0) is 21.2. The number of carbonyl (C=O) groups excluding carboxylic acids is 3. The number of hydrogen-bond acceptors (Lipinski definition) is 5. The summed E-state index contributed by atoms with van der Waals surface area (Å²) in [6.07, 6.45) is -0.0680. The maximum Gasteiger partial charge on any atom is 0.324 e. The van der Waals surface area contributed by atoms with Gasteiger partial charge in [-0.05, 0) is 43.0 Å². The van der Waals surface area contributed by atoms with Crippen LogP contribution in [0.25, 0.3) is 5.57 Å². The number of ketones is 1. The van der Waals surface area contributed by atoms with Crippen molar-refractivity contribution >= 4 is 23.3 Å². The Hall–Kier alpha value is -3.21. The fourth-order valence-electron chi connectivity index (χ4n) is 3.18. The van der Waals surface area contributed by atoms with Crippen molar-refractivity contribution < 1.29 is 23.9 Å². The molecule has 0 atom stereocenters. The molecule has 29 heavy (non-hydrogen) atoms. The monoisotopic (exact) mass is 394 g/mol. The summed E-state index contributed by atoms with van der Waals surface area (Å²) in [5.41, 5.74) is 2.64. The lowest BCUT2D eigenvalue weighted by Crippen LogP contribution is -2.31. The molecule has 2 aromatic rings. The van der Waals surface area contributed by atoms with Crippen molar-refractivity contribution in [2.24, 2.45) is 5.92 Å². The molecule has 152 valence electrons. The van der Waals surface area contributed by atoms with Gasteiger partial charge in [0.2, 0.25) is 0 Å². The van der Waals surface area contributed by atoms with Gasteiger partial charge in [-0.2, -0.15) is 0 Å². The molecule has 5 heteroatoms. The van der Waals surface area contributed by atoms with Crippen molar-refractivity contribution in [3.63, 3.8) is 0 Å². The first-order valence-electron chi connectivity index (χ1n) is 9.66. The minimum atomic E-state index is -1.31. The fourth-order valence-corrected chi connectivity index (χ4v) is 3.18. The highest BCUT2D eigenvalue weighted by molar-refractivity contribution is 6.03. The van der Waals surface area contributed by atoms with E-state index in [4.69, 9.17) is 9.47 Å². The number of ether oxygens (including phenoxy) is 2. The maximum absolute atomic E-state index is 12.8. The molecule has 0 aliphatic carbocycles. The lowest BCUT2D eigenvalue weighted by molar-refractivity contribution is -0.159. The topological polar surface area (TPSA) is 69.7 Å². The summed E-state index contributed by atoms with van der Waals surface area (Å²) < 4.78 is 10.3. The van der Waals surface area contributed by atoms with E-state index < -0.39 is 17.9 Å². The van der Waals surface area contributed by atoms with Crippen LogP contribution in [0.3, 0.4) is 0 Å². The molecular formula is C24H26O5. The number of carbonyl (C=O) groups is 3. The average molecular weight is 394 g/mol. The predicted octanol–water partition coefficient (Wildman–Crippen LogP) is 4.21. The van der Waals surface area contributed by atoms with Crippen LogP contribution in [0.4, 0.5) is 0 Å². The summed E-state index contributed by atoms with van der Waals surface area (Å²) in [5, 5.41) is 0. The number of hydrogen-bond donors (Lipinski definition) is 0. The van der Waals surface area contributed by atoms with Crippen LogP contribution in [0.5, 0.6) is 0 Å². The van der Waals surface area contributed by atoms with Crippen molar-refractivity contribution in [1.82, 2.24) is 0 Å². The second-order valence-electron chi connectivity index (χ2n) is 6.45. The molecule has 0 bridgehead atoms. The molecule has 2 rings (SSSR count). The average Bonchev–Trinajstić information content (AvgIpc) is 2.70. The van der Waals surface area contributed by atoms with Gasteiger partial charge in [-0.25, -0.2) is 0 Å². The van der Waals surface area contributed by atoms with Gasteiger partial charge in [0.25, 0.3) is 0 Å². The minimum Gasteiger partial charge on any atom is -0.465 e. The third-order valence-corrected chi connectivity index (χ3v) is 4.28. The van der Waals surface area contributed by atoms with E-state index in [0.29, 0.717) is 11.1 Å². The minimum absolute atomic E-state index is 0.0680. The lowest BCUT2D eigenvalue weighted by Gasteiger charge is -2.22. The van der Waals surface area contributed by atoms with E-state index >= 15 is 0 Å². The Bertz CT molecular complexity index is 809. The van der Waals surface area contributed by atoms with Crippen LogP contribution in [0, 0.1) is 5.92 Å². The van der Waals surface area contributed by atoms with Gasteiger partial charge >= 0.3 is 11.9 Å². The van der Waals surface area contributed by atoms with Crippen LogP contribution in [-0.2, 0) is 23.9 Å². The second kappa shape index (κ2) is 11.0. The molecule has 5 nitrogen and oxygen atoms in total. The van der Waals surface area contributed by atoms with E-state index in [9.17, 15) is 14.4 Å². The maximum atomic E-state index is 12.8. The van der Waals surface area contributed by atoms with Crippen LogP contribution in [-0.4, -0.2) is 30.9 Å². The van der Waals surface area contributed by atoms with E-state index in [-0.39, 0.29) is 25.4 Å². The van der Waals surface area contributed by atoms with E-state index in [1.54, 1.807) is 13.8 Å². The number of Topliss-reactive ketones (excluding diaryl/α,β-unsaturated/α-hetero) is 1. The molecule has 0 unspecified atom stereocenters. The molecule has 0 aliphatic heterocycles. The van der Waals surface area contributed by atoms with Gasteiger partial charge in [0.05, 0.1) is 13.2 Å². The van der Waals surface area contributed by atoms with Crippen molar-refractivity contribution in [2.45, 2.75) is 27.2 Å². The Morgan fingerprint density at radius 2 is 1.17 bits per heavy atom. The van der Waals surface area contributed by atoms with Crippen molar-refractivity contribution in [1.29, 1.82) is 0 Å². The number of esters is 2. The lowest BCUT2D eigenvalue weighted by atomic mass is 9.84. The number of rotatable bonds is 9. The molecule has 0 spiro atoms. The van der Waals surface area contributed by atoms with Crippen molar-refractivity contribution in [2.75, 3.05) is 13.2 Å². The summed E-state index contributed by atoms with van der Waals surface area (Å²) in [4.78, 5) is 37.7. The normalized spacial score (nSPS) is 10.3. The summed E-state index contributed by atoms with van der Waals surface area (Å²) in [6.45, 7) is 5.01. The van der Waals surface area contributed by atoms with Gasteiger partial charge in [-0.15, -0.1) is 0 Å². The van der Waals surface area contributed by atoms with E-state index in [0.717, 1.165) is 11.1 Å². The molecule has 0 radical (unpaired) electrons. The molecule has 0 saturated heterocycles. The predicted molar refractivity (Wildman–Crippen MR) is 111 cm³/mol. The Labute approximate surface area is 171 Å². The van der Waals surface area contributed by atoms with Crippen molar-refractivity contribution in [3.05, 3.63) is 77.4 Å². The van der Waals surface area contributed by atoms with Crippen LogP contribution < -0.4 is 0 Å². The molecule has 0 saturated carbocycles. The first-order valence-corrected chi connectivity index (χ1v) is 9.66. The molecule has 0 amide bonds. The molecule has 0 aliphatic rings. The summed E-state index contributed by atoms with van der Waals surface area (Å²) in [6, 6.07) is 18.8. The molecule has 0 N–H and O–H groups in total. The van der Waals surface area contributed by atoms with Gasteiger partial charge in [0.1, 0.15) is 5.78 Å². The first kappa shape index (κ1) is 22.1. The van der Waals surface area contributed by atoms with Crippen LogP contribution >= 0.6 is 0 Å². The Kier molecular flexibility index (Phi) is 8.34. The molecule has 0 heterocycles. The smallest absolute Gasteiger partial charge is 0.324 e. The zero-order valence-corrected chi connectivity index (χ0v) is 17.0. The van der Waals surface area contributed by atoms with Crippen LogP contribution in [0.1, 0.15) is 38.3 Å². The Balaban J connectivity index is 2.82. The Morgan fingerprint density at radius 1 is 0.759 bits per heavy atom. The van der Waals surface area contributed by atoms with Gasteiger partial charge < -0.3 is 9.47 Å². The molecule has 0 aromatic heterocycles. The van der Waals surface area contributed by atoms with Gasteiger partial charge in [0, 0.05) is 6.42 Å². The molecular weight excluding hydrogens is 368 g/mol. The third-order valence-electron chi connectivity index (χ3n) is 4.28. The highest BCUT2D eigenvalue weighted by Gasteiger charge is 2.36. The zero-order valence-electron chi connectivity index (χ0n) is 17.0. The third kappa shape index (κ3) is 5.88. The van der Waals surface area contributed by atoms with Gasteiger partial charge in [0.15, 0.2) is 5.92 Å². The highest BCUT2D eigenvalue weighted by Crippen LogP contribution is 2.34. The molecule has 0 fully saturated rings. The van der Waals surface area contributed by atoms with Crippen LogP contribution in [0.15, 0.2) is 66.2 Å². The first-order chi connectivity index (χ1) is 14.0. The van der Waals surface area contributed by atoms with Crippen LogP contribution in [0.2, 0.25) is 0 Å². The SMILES string of the molecule is CCOC(=O)C(C(=O)OCC)C(CC(C)=O)=C(c1ccccc1)c1ccccc1. The Morgan fingerprint density at radius 3 is 1.52 bits per heavy atom. The second-order valence-corrected chi connectivity index (χ2v) is 6.45. The summed E-state index contributed by atoms with van der Waals surface area (Å²) in [5.74, 6) is -2.91. The summed E-state index contributed by atoms with van der Waals surface area (Å²) >= 11 is 0. The highest BCUT2D eigenvalue weighted by atomic mass is 16.6. The van der Waals surface area contributed by atoms with E-state index in [1.807, 2.05) is 60.7 Å². The van der Waals surface area contributed by atoms with E-state index in [2.05, 4.69) is 0 Å².